The molecule has 0 bridgehead atoms. The maximum atomic E-state index is 13.2. The number of aromatic nitrogens is 2. The second-order valence-corrected chi connectivity index (χ2v) is 7.04. The third-order valence-corrected chi connectivity index (χ3v) is 5.27. The fraction of sp³-hybridized carbons (Fsp3) is 0.227. The number of aromatic hydroxyl groups is 1. The number of benzene rings is 2. The van der Waals surface area contributed by atoms with E-state index in [1.54, 1.807) is 4.90 Å². The lowest BCUT2D eigenvalue weighted by Gasteiger charge is -2.38. The van der Waals surface area contributed by atoms with Gasteiger partial charge in [-0.15, -0.1) is 0 Å². The van der Waals surface area contributed by atoms with E-state index in [1.165, 1.54) is 4.68 Å². The van der Waals surface area contributed by atoms with E-state index in [0.29, 0.717) is 13.0 Å². The fourth-order valence-electron chi connectivity index (χ4n) is 3.74. The molecule has 0 saturated carbocycles. The highest BCUT2D eigenvalue weighted by Gasteiger charge is 2.37. The Morgan fingerprint density at radius 3 is 2.39 bits per heavy atom. The molecule has 0 aliphatic carbocycles. The summed E-state index contributed by atoms with van der Waals surface area (Å²) in [6.07, 6.45) is 1.70. The Hall–Kier alpha value is -3.41. The highest BCUT2D eigenvalue weighted by Crippen LogP contribution is 2.32. The van der Waals surface area contributed by atoms with E-state index >= 15 is 0 Å². The van der Waals surface area contributed by atoms with Crippen molar-refractivity contribution < 1.29 is 9.90 Å². The number of fused-ring (bicyclic) bond motifs is 1. The molecule has 1 aliphatic rings. The summed E-state index contributed by atoms with van der Waals surface area (Å²) < 4.78 is 1.50. The summed E-state index contributed by atoms with van der Waals surface area (Å²) in [7, 11) is 0. The molecular formula is C22H21N3O3. The average molecular weight is 375 g/mol. The zero-order valence-corrected chi connectivity index (χ0v) is 15.5. The first-order valence-electron chi connectivity index (χ1n) is 9.27. The Bertz CT molecular complexity index is 1050. The highest BCUT2D eigenvalue weighted by molar-refractivity contribution is 5.96. The quantitative estimate of drug-likeness (QED) is 0.761. The van der Waals surface area contributed by atoms with Gasteiger partial charge in [0.05, 0.1) is 18.3 Å². The Balaban J connectivity index is 1.77. The van der Waals surface area contributed by atoms with E-state index in [2.05, 4.69) is 5.10 Å². The predicted octanol–water partition coefficient (Wildman–Crippen LogP) is 2.95. The van der Waals surface area contributed by atoms with Crippen molar-refractivity contribution in [3.05, 3.63) is 93.9 Å². The van der Waals surface area contributed by atoms with E-state index in [1.807, 2.05) is 67.6 Å². The van der Waals surface area contributed by atoms with Gasteiger partial charge in [0.2, 0.25) is 5.43 Å². The number of hydrogen-bond donors (Lipinski definition) is 1. The molecule has 1 amide bonds. The lowest BCUT2D eigenvalue weighted by molar-refractivity contribution is 0.0562. The van der Waals surface area contributed by atoms with Crippen LogP contribution < -0.4 is 5.43 Å². The molecule has 1 unspecified atom stereocenters. The van der Waals surface area contributed by atoms with Gasteiger partial charge in [-0.2, -0.15) is 5.10 Å². The standard InChI is InChI=1S/C22H21N3O3/c1-15(17-10-6-3-7-11-17)24-14-18(12-16-8-4-2-5-9-16)25-20(22(24)28)21(27)19(26)13-23-25/h2-11,13,15,18,27H,12,14H2,1H3/t15-,18?/m0/s1. The van der Waals surface area contributed by atoms with Crippen molar-refractivity contribution in [2.45, 2.75) is 25.4 Å². The van der Waals surface area contributed by atoms with Gasteiger partial charge in [-0.25, -0.2) is 0 Å². The van der Waals surface area contributed by atoms with Crippen LogP contribution in [0.5, 0.6) is 5.75 Å². The summed E-state index contributed by atoms with van der Waals surface area (Å²) in [5.41, 5.74) is 1.41. The lowest BCUT2D eigenvalue weighted by Crippen LogP contribution is -2.46. The van der Waals surface area contributed by atoms with Gasteiger partial charge in [-0.05, 0) is 24.5 Å². The molecular weight excluding hydrogens is 354 g/mol. The molecule has 3 aromatic rings. The van der Waals surface area contributed by atoms with Crippen LogP contribution in [0.25, 0.3) is 0 Å². The SMILES string of the molecule is C[C@@H](c1ccccc1)N1CC(Cc2ccccc2)n2ncc(=O)c(O)c2C1=O. The highest BCUT2D eigenvalue weighted by atomic mass is 16.3. The van der Waals surface area contributed by atoms with Crippen LogP contribution in [0.1, 0.15) is 40.6 Å². The largest absolute Gasteiger partial charge is 0.502 e. The number of hydrogen-bond acceptors (Lipinski definition) is 4. The second kappa shape index (κ2) is 7.31. The minimum Gasteiger partial charge on any atom is -0.502 e. The molecule has 0 spiro atoms. The molecule has 0 radical (unpaired) electrons. The molecule has 0 saturated heterocycles. The molecule has 2 heterocycles. The summed E-state index contributed by atoms with van der Waals surface area (Å²) in [6, 6.07) is 19.2. The second-order valence-electron chi connectivity index (χ2n) is 7.04. The molecule has 2 atom stereocenters. The summed E-state index contributed by atoms with van der Waals surface area (Å²) >= 11 is 0. The third kappa shape index (κ3) is 3.17. The van der Waals surface area contributed by atoms with Gasteiger partial charge < -0.3 is 10.0 Å². The minimum atomic E-state index is -0.646. The predicted molar refractivity (Wildman–Crippen MR) is 105 cm³/mol. The van der Waals surface area contributed by atoms with E-state index in [4.69, 9.17) is 0 Å². The molecule has 28 heavy (non-hydrogen) atoms. The normalized spacial score (nSPS) is 17.2. The van der Waals surface area contributed by atoms with E-state index in [9.17, 15) is 14.7 Å². The lowest BCUT2D eigenvalue weighted by atomic mass is 9.99. The van der Waals surface area contributed by atoms with E-state index in [-0.39, 0.29) is 23.7 Å². The molecule has 142 valence electrons. The maximum absolute atomic E-state index is 13.2. The Kier molecular flexibility index (Phi) is 4.69. The molecule has 1 aromatic heterocycles. The first-order chi connectivity index (χ1) is 13.6. The van der Waals surface area contributed by atoms with Crippen molar-refractivity contribution in [2.75, 3.05) is 6.54 Å². The monoisotopic (exact) mass is 375 g/mol. The van der Waals surface area contributed by atoms with Crippen LogP contribution in [-0.2, 0) is 6.42 Å². The van der Waals surface area contributed by atoms with Crippen molar-refractivity contribution in [2.24, 2.45) is 0 Å². The summed E-state index contributed by atoms with van der Waals surface area (Å²) in [6.45, 7) is 2.39. The molecule has 6 heteroatoms. The van der Waals surface area contributed by atoms with Crippen LogP contribution >= 0.6 is 0 Å². The number of nitrogens with zero attached hydrogens (tertiary/aromatic N) is 3. The van der Waals surface area contributed by atoms with E-state index in [0.717, 1.165) is 17.3 Å². The number of rotatable bonds is 4. The maximum Gasteiger partial charge on any atom is 0.276 e. The number of carbonyl (C=O) groups excluding carboxylic acids is 1. The van der Waals surface area contributed by atoms with Crippen LogP contribution in [0.3, 0.4) is 0 Å². The average Bonchev–Trinajstić information content (AvgIpc) is 2.73. The molecule has 1 N–H and O–H groups in total. The summed E-state index contributed by atoms with van der Waals surface area (Å²) in [5, 5.41) is 14.5. The van der Waals surface area contributed by atoms with Crippen LogP contribution in [0, 0.1) is 0 Å². The molecule has 2 aromatic carbocycles. The zero-order valence-electron chi connectivity index (χ0n) is 15.5. The van der Waals surface area contributed by atoms with Gasteiger partial charge in [0.25, 0.3) is 5.91 Å². The fourth-order valence-corrected chi connectivity index (χ4v) is 3.74. The first kappa shape index (κ1) is 18.0. The molecule has 6 nitrogen and oxygen atoms in total. The van der Waals surface area contributed by atoms with Crippen LogP contribution in [-0.4, -0.2) is 32.2 Å². The Labute approximate surface area is 162 Å². The summed E-state index contributed by atoms with van der Waals surface area (Å²) in [5.74, 6) is -0.925. The van der Waals surface area contributed by atoms with Crippen molar-refractivity contribution in [3.8, 4) is 5.75 Å². The summed E-state index contributed by atoms with van der Waals surface area (Å²) in [4.78, 5) is 26.8. The molecule has 1 aliphatic heterocycles. The van der Waals surface area contributed by atoms with Crippen LogP contribution in [0.2, 0.25) is 0 Å². The van der Waals surface area contributed by atoms with Gasteiger partial charge in [0.15, 0.2) is 11.4 Å². The third-order valence-electron chi connectivity index (χ3n) is 5.27. The van der Waals surface area contributed by atoms with Gasteiger partial charge in [0, 0.05) is 6.54 Å². The topological polar surface area (TPSA) is 75.4 Å². The van der Waals surface area contributed by atoms with E-state index < -0.39 is 11.2 Å². The Morgan fingerprint density at radius 2 is 1.71 bits per heavy atom. The van der Waals surface area contributed by atoms with Crippen LogP contribution in [0.4, 0.5) is 0 Å². The van der Waals surface area contributed by atoms with Gasteiger partial charge in [-0.3, -0.25) is 14.3 Å². The molecule has 0 fully saturated rings. The number of carbonyl (C=O) groups is 1. The number of amides is 1. The minimum absolute atomic E-state index is 0.0394. The Morgan fingerprint density at radius 1 is 1.07 bits per heavy atom. The van der Waals surface area contributed by atoms with Gasteiger partial charge >= 0.3 is 0 Å². The first-order valence-corrected chi connectivity index (χ1v) is 9.27. The molecule has 4 rings (SSSR count). The van der Waals surface area contributed by atoms with Gasteiger partial charge in [-0.1, -0.05) is 60.7 Å². The van der Waals surface area contributed by atoms with Gasteiger partial charge in [0.1, 0.15) is 0 Å². The van der Waals surface area contributed by atoms with Crippen LogP contribution in [0.15, 0.2) is 71.7 Å². The smallest absolute Gasteiger partial charge is 0.276 e. The van der Waals surface area contributed by atoms with Crippen molar-refractivity contribution in [1.82, 2.24) is 14.7 Å². The van der Waals surface area contributed by atoms with Crippen molar-refractivity contribution in [1.29, 1.82) is 0 Å². The van der Waals surface area contributed by atoms with Crippen molar-refractivity contribution >= 4 is 5.91 Å². The zero-order chi connectivity index (χ0) is 19.7. The van der Waals surface area contributed by atoms with Crippen molar-refractivity contribution in [3.63, 3.8) is 0 Å².